The predicted molar refractivity (Wildman–Crippen MR) is 112 cm³/mol. The Hall–Kier alpha value is -2.10. The summed E-state index contributed by atoms with van der Waals surface area (Å²) in [5.41, 5.74) is 2.11. The summed E-state index contributed by atoms with van der Waals surface area (Å²) < 4.78 is 1.75. The van der Waals surface area contributed by atoms with Gasteiger partial charge >= 0.3 is 0 Å². The minimum Gasteiger partial charge on any atom is -0.268 e. The van der Waals surface area contributed by atoms with Crippen LogP contribution in [0, 0.1) is 17.2 Å². The largest absolute Gasteiger partial charge is 0.268 e. The number of benzene rings is 1. The topological polar surface area (TPSA) is 58.7 Å². The Labute approximate surface area is 166 Å². The number of unbranched alkanes of at least 4 members (excludes halogenated alkanes) is 1. The van der Waals surface area contributed by atoms with Crippen molar-refractivity contribution in [3.8, 4) is 11.8 Å². The second-order valence-electron chi connectivity index (χ2n) is 7.01. The molecule has 1 aliphatic rings. The van der Waals surface area contributed by atoms with Gasteiger partial charge in [-0.05, 0) is 49.3 Å². The molecular formula is C21H21N3OS2. The van der Waals surface area contributed by atoms with Gasteiger partial charge in [-0.1, -0.05) is 36.9 Å². The van der Waals surface area contributed by atoms with Gasteiger partial charge in [0.05, 0.1) is 17.1 Å². The Kier molecular flexibility index (Phi) is 5.33. The van der Waals surface area contributed by atoms with Crippen LogP contribution < -0.4 is 5.56 Å². The van der Waals surface area contributed by atoms with E-state index < -0.39 is 0 Å². The van der Waals surface area contributed by atoms with Crippen LogP contribution in [0.1, 0.15) is 36.6 Å². The fourth-order valence-electron chi connectivity index (χ4n) is 3.59. The predicted octanol–water partition coefficient (Wildman–Crippen LogP) is 4.97. The average molecular weight is 396 g/mol. The number of hydrogen-bond donors (Lipinski definition) is 0. The number of rotatable bonds is 5. The fourth-order valence-corrected chi connectivity index (χ4v) is 5.96. The van der Waals surface area contributed by atoms with Gasteiger partial charge in [-0.3, -0.25) is 9.36 Å². The molecule has 27 heavy (non-hydrogen) atoms. The number of nitriles is 1. The van der Waals surface area contributed by atoms with E-state index in [0.717, 1.165) is 52.5 Å². The molecule has 0 amide bonds. The molecule has 0 spiro atoms. The number of aromatic nitrogens is 2. The van der Waals surface area contributed by atoms with Gasteiger partial charge in [0.1, 0.15) is 4.83 Å². The van der Waals surface area contributed by atoms with Crippen molar-refractivity contribution >= 4 is 33.3 Å². The molecule has 0 saturated heterocycles. The molecule has 6 heteroatoms. The number of thioether (sulfide) groups is 1. The Bertz CT molecular complexity index is 1060. The van der Waals surface area contributed by atoms with E-state index in [9.17, 15) is 4.79 Å². The lowest BCUT2D eigenvalue weighted by Crippen LogP contribution is -2.22. The van der Waals surface area contributed by atoms with Crippen molar-refractivity contribution in [1.29, 1.82) is 5.26 Å². The molecule has 0 bridgehead atoms. The van der Waals surface area contributed by atoms with Crippen LogP contribution in [0.2, 0.25) is 0 Å². The smallest absolute Gasteiger partial charge is 0.267 e. The Morgan fingerprint density at radius 3 is 2.96 bits per heavy atom. The average Bonchev–Trinajstić information content (AvgIpc) is 3.03. The van der Waals surface area contributed by atoms with E-state index in [2.05, 4.69) is 13.0 Å². The third-order valence-electron chi connectivity index (χ3n) is 4.98. The molecule has 0 aliphatic heterocycles. The Morgan fingerprint density at radius 1 is 1.37 bits per heavy atom. The van der Waals surface area contributed by atoms with Gasteiger partial charge in [0.15, 0.2) is 5.16 Å². The van der Waals surface area contributed by atoms with Crippen LogP contribution in [-0.2, 0) is 12.8 Å². The van der Waals surface area contributed by atoms with Crippen molar-refractivity contribution in [2.24, 2.45) is 5.92 Å². The molecular weight excluding hydrogens is 374 g/mol. The maximum atomic E-state index is 13.5. The first kappa shape index (κ1) is 18.3. The fraction of sp³-hybridized carbons (Fsp3) is 0.381. The van der Waals surface area contributed by atoms with Gasteiger partial charge in [-0.2, -0.15) is 5.26 Å². The first-order valence-corrected chi connectivity index (χ1v) is 11.1. The van der Waals surface area contributed by atoms with Crippen LogP contribution in [0.25, 0.3) is 15.9 Å². The summed E-state index contributed by atoms with van der Waals surface area (Å²) >= 11 is 3.25. The maximum Gasteiger partial charge on any atom is 0.267 e. The Balaban J connectivity index is 1.87. The van der Waals surface area contributed by atoms with Crippen molar-refractivity contribution in [3.05, 3.63) is 51.1 Å². The zero-order valence-corrected chi connectivity index (χ0v) is 16.9. The summed E-state index contributed by atoms with van der Waals surface area (Å²) in [6.07, 6.45) is 4.47. The highest BCUT2D eigenvalue weighted by Gasteiger charge is 2.25. The lowest BCUT2D eigenvalue weighted by molar-refractivity contribution is 0.509. The van der Waals surface area contributed by atoms with Crippen LogP contribution in [-0.4, -0.2) is 15.3 Å². The third kappa shape index (κ3) is 3.54. The molecule has 1 aromatic carbocycles. The molecule has 4 rings (SSSR count). The zero-order chi connectivity index (χ0) is 18.8. The highest BCUT2D eigenvalue weighted by Crippen LogP contribution is 2.37. The van der Waals surface area contributed by atoms with E-state index in [4.69, 9.17) is 10.2 Å². The SMILES string of the molecule is C[C@@H]1CCc2c(sc3nc(SCCCC#N)n(-c4ccccc4)c(=O)c23)C1. The van der Waals surface area contributed by atoms with Crippen molar-refractivity contribution in [1.82, 2.24) is 9.55 Å². The molecule has 138 valence electrons. The van der Waals surface area contributed by atoms with Crippen molar-refractivity contribution in [2.75, 3.05) is 5.75 Å². The summed E-state index contributed by atoms with van der Waals surface area (Å²) in [7, 11) is 0. The first-order valence-electron chi connectivity index (χ1n) is 9.31. The molecule has 4 nitrogen and oxygen atoms in total. The standard InChI is InChI=1S/C21H21N3OS2/c1-14-9-10-16-17(13-14)27-19-18(16)20(25)24(15-7-3-2-4-8-15)21(23-19)26-12-6-5-11-22/h2-4,7-8,14H,5-6,9-10,12-13H2,1H3/t14-/m1/s1. The van der Waals surface area contributed by atoms with Crippen LogP contribution >= 0.6 is 23.1 Å². The van der Waals surface area contributed by atoms with Gasteiger partial charge in [-0.25, -0.2) is 4.98 Å². The van der Waals surface area contributed by atoms with Gasteiger partial charge in [0.25, 0.3) is 5.56 Å². The van der Waals surface area contributed by atoms with E-state index in [0.29, 0.717) is 12.3 Å². The molecule has 1 atom stereocenters. The monoisotopic (exact) mass is 395 g/mol. The Morgan fingerprint density at radius 2 is 2.19 bits per heavy atom. The molecule has 2 aromatic heterocycles. The molecule has 2 heterocycles. The summed E-state index contributed by atoms with van der Waals surface area (Å²) in [5.74, 6) is 1.45. The lowest BCUT2D eigenvalue weighted by atomic mass is 9.89. The van der Waals surface area contributed by atoms with Crippen molar-refractivity contribution in [2.45, 2.75) is 44.2 Å². The molecule has 3 aromatic rings. The quantitative estimate of drug-likeness (QED) is 0.348. The second-order valence-corrected chi connectivity index (χ2v) is 9.16. The number of thiophene rings is 1. The molecule has 0 saturated carbocycles. The summed E-state index contributed by atoms with van der Waals surface area (Å²) in [6, 6.07) is 11.9. The summed E-state index contributed by atoms with van der Waals surface area (Å²) in [6.45, 7) is 2.28. The van der Waals surface area contributed by atoms with E-state index in [1.165, 1.54) is 10.4 Å². The number of para-hydroxylation sites is 1. The first-order chi connectivity index (χ1) is 13.2. The normalized spacial score (nSPS) is 16.2. The van der Waals surface area contributed by atoms with Gasteiger partial charge in [0, 0.05) is 17.1 Å². The summed E-state index contributed by atoms with van der Waals surface area (Å²) in [5, 5.41) is 10.3. The minimum absolute atomic E-state index is 0.0426. The van der Waals surface area contributed by atoms with Crippen LogP contribution in [0.3, 0.4) is 0 Å². The highest BCUT2D eigenvalue weighted by molar-refractivity contribution is 7.99. The van der Waals surface area contributed by atoms with Crippen LogP contribution in [0.15, 0.2) is 40.3 Å². The summed E-state index contributed by atoms with van der Waals surface area (Å²) in [4.78, 5) is 20.6. The van der Waals surface area contributed by atoms with Gasteiger partial charge in [0.2, 0.25) is 0 Å². The number of nitrogens with zero attached hydrogens (tertiary/aromatic N) is 3. The van der Waals surface area contributed by atoms with Crippen LogP contribution in [0.5, 0.6) is 0 Å². The lowest BCUT2D eigenvalue weighted by Gasteiger charge is -2.17. The van der Waals surface area contributed by atoms with Crippen LogP contribution in [0.4, 0.5) is 0 Å². The second kappa shape index (κ2) is 7.87. The number of fused-ring (bicyclic) bond motifs is 3. The molecule has 0 radical (unpaired) electrons. The van der Waals surface area contributed by atoms with Crippen molar-refractivity contribution in [3.63, 3.8) is 0 Å². The maximum absolute atomic E-state index is 13.5. The third-order valence-corrected chi connectivity index (χ3v) is 7.15. The van der Waals surface area contributed by atoms with E-state index in [-0.39, 0.29) is 5.56 Å². The number of hydrogen-bond acceptors (Lipinski definition) is 5. The van der Waals surface area contributed by atoms with E-state index in [1.807, 2.05) is 30.3 Å². The number of aryl methyl sites for hydroxylation is 1. The molecule has 0 fully saturated rings. The highest BCUT2D eigenvalue weighted by atomic mass is 32.2. The van der Waals surface area contributed by atoms with Crippen molar-refractivity contribution < 1.29 is 0 Å². The van der Waals surface area contributed by atoms with E-state index >= 15 is 0 Å². The van der Waals surface area contributed by atoms with E-state index in [1.54, 1.807) is 27.7 Å². The van der Waals surface area contributed by atoms with Gasteiger partial charge < -0.3 is 0 Å². The minimum atomic E-state index is 0.0426. The van der Waals surface area contributed by atoms with Gasteiger partial charge in [-0.15, -0.1) is 11.3 Å². The molecule has 0 N–H and O–H groups in total. The zero-order valence-electron chi connectivity index (χ0n) is 15.3. The molecule has 1 aliphatic carbocycles. The molecule has 0 unspecified atom stereocenters.